The van der Waals surface area contributed by atoms with Crippen LogP contribution in [0.1, 0.15) is 84.0 Å². The Balaban J connectivity index is 1.85. The summed E-state index contributed by atoms with van der Waals surface area (Å²) in [5.74, 6) is -1.42. The minimum Gasteiger partial charge on any atom is -0.464 e. The maximum atomic E-state index is 11.6. The van der Waals surface area contributed by atoms with Gasteiger partial charge in [0, 0.05) is 12.2 Å². The number of hydrogen-bond acceptors (Lipinski definition) is 4. The first kappa shape index (κ1) is 21.4. The van der Waals surface area contributed by atoms with Crippen molar-refractivity contribution in [3.05, 3.63) is 12.2 Å². The first-order valence-corrected chi connectivity index (χ1v) is 9.84. The molecule has 0 saturated carbocycles. The Morgan fingerprint density at radius 2 is 1.24 bits per heavy atom. The summed E-state index contributed by atoms with van der Waals surface area (Å²) in [7, 11) is 0. The zero-order valence-corrected chi connectivity index (χ0v) is 15.6. The van der Waals surface area contributed by atoms with Crippen LogP contribution in [0.5, 0.6) is 0 Å². The van der Waals surface area contributed by atoms with Crippen molar-refractivity contribution < 1.29 is 19.1 Å². The van der Waals surface area contributed by atoms with Crippen molar-refractivity contribution in [2.24, 2.45) is 0 Å². The summed E-state index contributed by atoms with van der Waals surface area (Å²) in [5.41, 5.74) is 0. The van der Waals surface area contributed by atoms with Crippen molar-refractivity contribution in [3.8, 4) is 0 Å². The smallest absolute Gasteiger partial charge is 0.326 e. The number of nitrogens with zero attached hydrogens (tertiary/aromatic N) is 1. The highest BCUT2D eigenvalue weighted by molar-refractivity contribution is 6.14. The van der Waals surface area contributed by atoms with Crippen LogP contribution in [-0.4, -0.2) is 35.8 Å². The number of amides is 2. The normalized spacial score (nSPS) is 13.7. The van der Waals surface area contributed by atoms with Gasteiger partial charge in [-0.1, -0.05) is 77.6 Å². The van der Waals surface area contributed by atoms with Gasteiger partial charge in [-0.05, 0) is 6.42 Å². The van der Waals surface area contributed by atoms with Gasteiger partial charge in [-0.15, -0.1) is 0 Å². The van der Waals surface area contributed by atoms with Gasteiger partial charge in [0.05, 0.1) is 6.61 Å². The molecular formula is C20H33NO4. The fourth-order valence-electron chi connectivity index (χ4n) is 2.89. The van der Waals surface area contributed by atoms with E-state index in [-0.39, 0.29) is 6.54 Å². The molecule has 0 bridgehead atoms. The van der Waals surface area contributed by atoms with Gasteiger partial charge in [0.1, 0.15) is 6.54 Å². The lowest BCUT2D eigenvalue weighted by atomic mass is 10.1. The molecule has 0 fully saturated rings. The number of unbranched alkanes of at least 4 members (excludes halogenated alkanes) is 11. The molecular weight excluding hydrogens is 318 g/mol. The molecule has 0 radical (unpaired) electrons. The molecule has 5 nitrogen and oxygen atoms in total. The SMILES string of the molecule is CCCCCCCCCCCCCCOC(=O)CN1C(=O)C=CC1=O. The fraction of sp³-hybridized carbons (Fsp3) is 0.750. The molecule has 0 aromatic heterocycles. The quantitative estimate of drug-likeness (QED) is 0.252. The Morgan fingerprint density at radius 3 is 1.72 bits per heavy atom. The third-order valence-corrected chi connectivity index (χ3v) is 4.45. The topological polar surface area (TPSA) is 63.7 Å². The highest BCUT2D eigenvalue weighted by Crippen LogP contribution is 2.12. The highest BCUT2D eigenvalue weighted by atomic mass is 16.5. The number of esters is 1. The number of hydrogen-bond donors (Lipinski definition) is 0. The average Bonchev–Trinajstić information content (AvgIpc) is 2.91. The standard InChI is InChI=1S/C20H33NO4/c1-2-3-4-5-6-7-8-9-10-11-12-13-16-25-20(24)17-21-18(22)14-15-19(21)23/h14-15H,2-13,16-17H2,1H3. The molecule has 25 heavy (non-hydrogen) atoms. The lowest BCUT2D eigenvalue weighted by Crippen LogP contribution is -2.35. The molecule has 0 unspecified atom stereocenters. The van der Waals surface area contributed by atoms with E-state index in [9.17, 15) is 14.4 Å². The average molecular weight is 351 g/mol. The van der Waals surface area contributed by atoms with E-state index >= 15 is 0 Å². The van der Waals surface area contributed by atoms with E-state index in [2.05, 4.69) is 6.92 Å². The van der Waals surface area contributed by atoms with Gasteiger partial charge in [-0.3, -0.25) is 19.3 Å². The zero-order chi connectivity index (χ0) is 18.3. The monoisotopic (exact) mass is 351 g/mol. The molecule has 142 valence electrons. The molecule has 5 heteroatoms. The summed E-state index contributed by atoms with van der Waals surface area (Å²) < 4.78 is 5.08. The summed E-state index contributed by atoms with van der Waals surface area (Å²) in [6.45, 7) is 2.32. The number of carbonyl (C=O) groups is 3. The van der Waals surface area contributed by atoms with E-state index in [1.165, 1.54) is 76.4 Å². The van der Waals surface area contributed by atoms with Crippen LogP contribution in [0.25, 0.3) is 0 Å². The maximum absolute atomic E-state index is 11.6. The zero-order valence-electron chi connectivity index (χ0n) is 15.6. The minimum absolute atomic E-state index is 0.289. The van der Waals surface area contributed by atoms with Crippen molar-refractivity contribution in [2.75, 3.05) is 13.2 Å². The van der Waals surface area contributed by atoms with Crippen LogP contribution >= 0.6 is 0 Å². The molecule has 0 aromatic rings. The summed E-state index contributed by atoms with van der Waals surface area (Å²) in [4.78, 5) is 35.1. The van der Waals surface area contributed by atoms with Gasteiger partial charge in [-0.2, -0.15) is 0 Å². The number of carbonyl (C=O) groups excluding carboxylic acids is 3. The molecule has 0 atom stereocenters. The van der Waals surface area contributed by atoms with Crippen LogP contribution < -0.4 is 0 Å². The van der Waals surface area contributed by atoms with Crippen LogP contribution in [0.2, 0.25) is 0 Å². The van der Waals surface area contributed by atoms with Crippen LogP contribution in [0.15, 0.2) is 12.2 Å². The Bertz CT molecular complexity index is 427. The second-order valence-corrected chi connectivity index (χ2v) is 6.71. The second kappa shape index (κ2) is 13.6. The van der Waals surface area contributed by atoms with Crippen LogP contribution in [0.4, 0.5) is 0 Å². The van der Waals surface area contributed by atoms with E-state index < -0.39 is 17.8 Å². The van der Waals surface area contributed by atoms with Crippen molar-refractivity contribution in [1.29, 1.82) is 0 Å². The number of ether oxygens (including phenoxy) is 1. The van der Waals surface area contributed by atoms with Gasteiger partial charge >= 0.3 is 5.97 Å². The summed E-state index contributed by atoms with van der Waals surface area (Å²) in [6, 6.07) is 0. The number of imide groups is 1. The Morgan fingerprint density at radius 1 is 0.800 bits per heavy atom. The second-order valence-electron chi connectivity index (χ2n) is 6.71. The highest BCUT2D eigenvalue weighted by Gasteiger charge is 2.25. The van der Waals surface area contributed by atoms with Crippen LogP contribution in [0, 0.1) is 0 Å². The van der Waals surface area contributed by atoms with Crippen LogP contribution in [-0.2, 0) is 19.1 Å². The minimum atomic E-state index is -0.520. The largest absolute Gasteiger partial charge is 0.464 e. The third-order valence-electron chi connectivity index (χ3n) is 4.45. The van der Waals surface area contributed by atoms with Crippen LogP contribution in [0.3, 0.4) is 0 Å². The Hall–Kier alpha value is -1.65. The van der Waals surface area contributed by atoms with Gasteiger partial charge in [0.25, 0.3) is 11.8 Å². The first-order chi connectivity index (χ1) is 12.1. The van der Waals surface area contributed by atoms with Gasteiger partial charge in [-0.25, -0.2) is 0 Å². The first-order valence-electron chi connectivity index (χ1n) is 9.84. The predicted molar refractivity (Wildman–Crippen MR) is 97.9 cm³/mol. The fourth-order valence-corrected chi connectivity index (χ4v) is 2.89. The summed E-state index contributed by atoms with van der Waals surface area (Å²) in [6.07, 6.45) is 17.4. The molecule has 0 N–H and O–H groups in total. The lowest BCUT2D eigenvalue weighted by Gasteiger charge is -2.12. The number of rotatable bonds is 15. The molecule has 0 saturated heterocycles. The molecule has 0 spiro atoms. The van der Waals surface area contributed by atoms with Crippen molar-refractivity contribution >= 4 is 17.8 Å². The van der Waals surface area contributed by atoms with E-state index in [4.69, 9.17) is 4.74 Å². The van der Waals surface area contributed by atoms with Crippen molar-refractivity contribution in [1.82, 2.24) is 4.90 Å². The lowest BCUT2D eigenvalue weighted by molar-refractivity contribution is -0.151. The molecule has 1 aliphatic heterocycles. The molecule has 0 aliphatic carbocycles. The van der Waals surface area contributed by atoms with E-state index in [1.54, 1.807) is 0 Å². The van der Waals surface area contributed by atoms with Crippen molar-refractivity contribution in [2.45, 2.75) is 84.0 Å². The van der Waals surface area contributed by atoms with E-state index in [0.29, 0.717) is 6.61 Å². The summed E-state index contributed by atoms with van der Waals surface area (Å²) >= 11 is 0. The molecule has 1 heterocycles. The third kappa shape index (κ3) is 10.0. The molecule has 1 aliphatic rings. The molecule has 1 rings (SSSR count). The Kier molecular flexibility index (Phi) is 11.7. The Labute approximate surface area is 151 Å². The van der Waals surface area contributed by atoms with E-state index in [1.807, 2.05) is 0 Å². The summed E-state index contributed by atoms with van der Waals surface area (Å²) in [5, 5.41) is 0. The van der Waals surface area contributed by atoms with Gasteiger partial charge < -0.3 is 4.74 Å². The van der Waals surface area contributed by atoms with Gasteiger partial charge in [0.15, 0.2) is 0 Å². The van der Waals surface area contributed by atoms with E-state index in [0.717, 1.165) is 17.7 Å². The molecule has 2 amide bonds. The maximum Gasteiger partial charge on any atom is 0.326 e. The predicted octanol–water partition coefficient (Wildman–Crippen LogP) is 4.16. The molecule has 0 aromatic carbocycles. The van der Waals surface area contributed by atoms with Crippen molar-refractivity contribution in [3.63, 3.8) is 0 Å². The van der Waals surface area contributed by atoms with Gasteiger partial charge in [0.2, 0.25) is 0 Å².